The maximum atomic E-state index is 15.9. The van der Waals surface area contributed by atoms with Crippen LogP contribution in [0.5, 0.6) is 11.5 Å². The third kappa shape index (κ3) is 13.1. The second kappa shape index (κ2) is 25.5. The Bertz CT molecular complexity index is 4180. The number of carbonyl (C=O) groups is 4. The number of aliphatic hydroxyl groups excluding tert-OH is 2. The molecule has 20 nitrogen and oxygen atoms in total. The number of aliphatic hydroxyl groups is 2. The van der Waals surface area contributed by atoms with Crippen LogP contribution in [0.2, 0.25) is 5.02 Å². The van der Waals surface area contributed by atoms with E-state index in [4.69, 9.17) is 21.1 Å². The number of halogens is 4. The molecule has 2 aliphatic carbocycles. The molecule has 5 aromatic heterocycles. The molecule has 8 aromatic rings. The summed E-state index contributed by atoms with van der Waals surface area (Å²) in [6, 6.07) is 20.7. The van der Waals surface area contributed by atoms with E-state index in [9.17, 15) is 38.2 Å². The Kier molecular flexibility index (Phi) is 17.5. The van der Waals surface area contributed by atoms with E-state index >= 15 is 4.39 Å². The van der Waals surface area contributed by atoms with Gasteiger partial charge in [-0.1, -0.05) is 31.5 Å². The van der Waals surface area contributed by atoms with E-state index in [0.717, 1.165) is 62.3 Å². The van der Waals surface area contributed by atoms with E-state index in [1.165, 1.54) is 35.2 Å². The lowest BCUT2D eigenvalue weighted by Crippen LogP contribution is -2.57. The summed E-state index contributed by atoms with van der Waals surface area (Å²) in [6.07, 6.45) is 4.11. The Morgan fingerprint density at radius 2 is 1.61 bits per heavy atom. The van der Waals surface area contributed by atoms with E-state index in [-0.39, 0.29) is 78.5 Å². The zero-order valence-corrected chi connectivity index (χ0v) is 53.7. The summed E-state index contributed by atoms with van der Waals surface area (Å²) >= 11 is 8.32. The molecular formula is C68H72ClF3N10O10S. The third-order valence-electron chi connectivity index (χ3n) is 18.6. The Morgan fingerprint density at radius 1 is 0.882 bits per heavy atom. The number of aryl methyl sites for hydroxylation is 1. The van der Waals surface area contributed by atoms with E-state index < -0.39 is 41.6 Å². The predicted octanol–water partition coefficient (Wildman–Crippen LogP) is 10.3. The molecule has 3 aliphatic heterocycles. The number of nitrogens with one attached hydrogen (secondary N) is 1. The Morgan fingerprint density at radius 3 is 2.34 bits per heavy atom. The molecule has 8 heterocycles. The molecule has 2 saturated carbocycles. The van der Waals surface area contributed by atoms with Crippen LogP contribution in [0.4, 0.5) is 18.9 Å². The molecule has 4 fully saturated rings. The van der Waals surface area contributed by atoms with Crippen molar-refractivity contribution in [3.63, 3.8) is 0 Å². The molecule has 3 aromatic carbocycles. The molecule has 93 heavy (non-hydrogen) atoms. The molecule has 0 radical (unpaired) electrons. The summed E-state index contributed by atoms with van der Waals surface area (Å²) in [6.45, 7) is 13.6. The summed E-state index contributed by atoms with van der Waals surface area (Å²) in [5.74, 6) is -2.06. The number of piperidine rings is 1. The van der Waals surface area contributed by atoms with Crippen molar-refractivity contribution in [2.24, 2.45) is 11.8 Å². The Balaban J connectivity index is 0.549. The van der Waals surface area contributed by atoms with Gasteiger partial charge >= 0.3 is 6.29 Å². The van der Waals surface area contributed by atoms with Crippen molar-refractivity contribution in [1.29, 1.82) is 0 Å². The van der Waals surface area contributed by atoms with Crippen LogP contribution in [0.1, 0.15) is 115 Å². The van der Waals surface area contributed by atoms with Gasteiger partial charge in [0, 0.05) is 95.4 Å². The molecule has 488 valence electrons. The number of unbranched alkanes of at least 4 members (excludes halogenated alkanes) is 2. The number of likely N-dealkylation sites (tertiary alicyclic amines) is 1. The minimum atomic E-state index is -3.81. The van der Waals surface area contributed by atoms with Gasteiger partial charge in [-0.05, 0) is 142 Å². The molecular weight excluding hydrogens is 1240 g/mol. The molecule has 5 atom stereocenters. The van der Waals surface area contributed by atoms with Crippen LogP contribution in [-0.4, -0.2) is 142 Å². The number of benzene rings is 3. The van der Waals surface area contributed by atoms with Crippen molar-refractivity contribution >= 4 is 73.4 Å². The first-order valence-corrected chi connectivity index (χ1v) is 32.6. The van der Waals surface area contributed by atoms with Crippen LogP contribution in [0.15, 0.2) is 91.4 Å². The molecule has 3 N–H and O–H groups in total. The van der Waals surface area contributed by atoms with Gasteiger partial charge in [0.1, 0.15) is 5.82 Å². The molecule has 2 saturated heterocycles. The monoisotopic (exact) mass is 1310 g/mol. The minimum Gasteiger partial charge on any atom is -0.395 e. The number of anilines is 1. The zero-order chi connectivity index (χ0) is 65.3. The fourth-order valence-electron chi connectivity index (χ4n) is 13.4. The van der Waals surface area contributed by atoms with Gasteiger partial charge in [0.2, 0.25) is 17.7 Å². The van der Waals surface area contributed by atoms with Gasteiger partial charge < -0.3 is 43.9 Å². The molecule has 5 aliphatic rings. The van der Waals surface area contributed by atoms with Gasteiger partial charge in [-0.15, -0.1) is 20.1 Å². The summed E-state index contributed by atoms with van der Waals surface area (Å²) in [4.78, 5) is 64.7. The number of fused-ring (bicyclic) bond motifs is 4. The second-order valence-electron chi connectivity index (χ2n) is 26.1. The van der Waals surface area contributed by atoms with E-state index in [1.54, 1.807) is 39.2 Å². The van der Waals surface area contributed by atoms with Crippen molar-refractivity contribution in [2.45, 2.75) is 141 Å². The topological polar surface area (TPSA) is 229 Å². The van der Waals surface area contributed by atoms with Crippen LogP contribution in [-0.2, 0) is 67.5 Å². The summed E-state index contributed by atoms with van der Waals surface area (Å²) in [5, 5.41) is 37.6. The van der Waals surface area contributed by atoms with Gasteiger partial charge in [-0.2, -0.15) is 15.3 Å². The minimum absolute atomic E-state index is 0.0188. The van der Waals surface area contributed by atoms with Crippen LogP contribution in [0.25, 0.3) is 32.2 Å². The predicted molar refractivity (Wildman–Crippen MR) is 340 cm³/mol. The first-order valence-electron chi connectivity index (χ1n) is 31.5. The fraction of sp³-hybridized carbons (Fsp3) is 0.441. The number of imide groups is 1. The molecule has 0 spiro atoms. The van der Waals surface area contributed by atoms with Gasteiger partial charge in [0.25, 0.3) is 5.91 Å². The maximum Gasteiger partial charge on any atom is 0.586 e. The molecule has 13 rings (SSSR count). The number of piperazine rings is 1. The highest BCUT2D eigenvalue weighted by Gasteiger charge is 2.59. The lowest BCUT2D eigenvalue weighted by molar-refractivity contribution is -0.286. The van der Waals surface area contributed by atoms with Crippen LogP contribution < -0.4 is 14.8 Å². The van der Waals surface area contributed by atoms with Crippen LogP contribution in [0, 0.1) is 24.6 Å². The van der Waals surface area contributed by atoms with E-state index in [2.05, 4.69) is 60.7 Å². The number of alkyl halides is 2. The number of amides is 4. The number of ether oxygens (including phenoxy) is 4. The number of nitrogens with zero attached hydrogens (tertiary/aromatic N) is 9. The van der Waals surface area contributed by atoms with Crippen LogP contribution >= 0.6 is 22.9 Å². The van der Waals surface area contributed by atoms with Crippen molar-refractivity contribution in [3.05, 3.63) is 146 Å². The molecule has 0 bridgehead atoms. The van der Waals surface area contributed by atoms with E-state index in [0.29, 0.717) is 104 Å². The highest BCUT2D eigenvalue weighted by molar-refractivity contribution is 7.19. The first-order chi connectivity index (χ1) is 44.5. The first kappa shape index (κ1) is 63.9. The van der Waals surface area contributed by atoms with Gasteiger partial charge in [-0.25, -0.2) is 4.39 Å². The molecule has 2 unspecified atom stereocenters. The maximum absolute atomic E-state index is 15.9. The Labute approximate surface area is 543 Å². The molecule has 25 heteroatoms. The second-order valence-corrected chi connectivity index (χ2v) is 27.6. The standard InChI is InChI=1S/C68H72ClF3N10O10S/c1-38-19-44(69)23-50(49-13-16-73-56-24-48(93-61(49)56)33-82-63(86)51-25-52(51)64(82)87)53(38)34-80-39(2)28-78(29-40(80)3)62(85)42-27-74-79(30-42)31-45-10-11-46(77-76-45)36-89-17-7-6-8-18-90-37-66(4,5)60-21-41-20-55(54(70)26-57(41)81(60)32-47(84)35-83)75-65(88)67(14-15-67)43-9-12-58-59(22-43)92-68(71,72)91-58/h9-13,16,19-24,26-27,30,39-40,47,51-52,83-84H,6-8,14-15,17-18,25,28-29,31-37H2,1-5H3,(H,75,88)/t39-,40-,47-,51?,52?/m0/s1. The average molecular weight is 1310 g/mol. The number of hydrogen-bond donors (Lipinski definition) is 3. The van der Waals surface area contributed by atoms with Crippen molar-refractivity contribution in [2.75, 3.05) is 44.8 Å². The average Bonchev–Trinajstić information content (AvgIpc) is 1.61. The summed E-state index contributed by atoms with van der Waals surface area (Å²) in [5.41, 5.74) is 6.68. The van der Waals surface area contributed by atoms with Crippen molar-refractivity contribution in [3.8, 4) is 22.6 Å². The molecule has 4 amide bonds. The highest BCUT2D eigenvalue weighted by atomic mass is 35.5. The zero-order valence-electron chi connectivity index (χ0n) is 52.2. The van der Waals surface area contributed by atoms with Gasteiger partial charge in [0.05, 0.1) is 107 Å². The number of aromatic nitrogens is 6. The van der Waals surface area contributed by atoms with Gasteiger partial charge in [-0.3, -0.25) is 38.6 Å². The number of hydrogen-bond acceptors (Lipinski definition) is 16. The third-order valence-corrected chi connectivity index (χ3v) is 20.0. The number of rotatable bonds is 25. The summed E-state index contributed by atoms with van der Waals surface area (Å²) < 4.78 is 69.1. The smallest absolute Gasteiger partial charge is 0.395 e. The number of pyridine rings is 1. The normalized spacial score (nSPS) is 20.1. The lowest BCUT2D eigenvalue weighted by Gasteiger charge is -2.44. The van der Waals surface area contributed by atoms with E-state index in [1.807, 2.05) is 61.2 Å². The quantitative estimate of drug-likeness (QED) is 0.0357. The lowest BCUT2D eigenvalue weighted by atomic mass is 9.90. The van der Waals surface area contributed by atoms with Gasteiger partial charge in [0.15, 0.2) is 11.5 Å². The van der Waals surface area contributed by atoms with Crippen molar-refractivity contribution in [1.82, 2.24) is 44.2 Å². The Hall–Kier alpha value is -7.84. The van der Waals surface area contributed by atoms with Crippen LogP contribution in [0.3, 0.4) is 0 Å². The van der Waals surface area contributed by atoms with Crippen molar-refractivity contribution < 1.29 is 61.5 Å². The fourth-order valence-corrected chi connectivity index (χ4v) is 14.8. The SMILES string of the molecule is Cc1cc(Cl)cc(-c2ccnc3cc(CN4C(=O)C5CC5C4=O)sc23)c1CN1[C@@H](C)CN(C(=O)c2cnn(Cc3ccc(COCCCCCOCC(C)(C)c4cc5cc(NC(=O)C6(c7ccc8c(c7)OC(F)(F)O8)CC6)c(F)cc5n4C[C@H](O)CO)nn3)c2)C[C@@H]1C. The summed E-state index contributed by atoms with van der Waals surface area (Å²) in [7, 11) is 0. The largest absolute Gasteiger partial charge is 0.586 e. The highest BCUT2D eigenvalue weighted by Crippen LogP contribution is 2.53. The number of thiophene rings is 1. The number of carbonyl (C=O) groups excluding carboxylic acids is 4.